The molecule has 0 aliphatic rings. The van der Waals surface area contributed by atoms with Crippen molar-refractivity contribution < 1.29 is 14.3 Å². The molecule has 2 aromatic rings. The number of unbranched alkanes of at least 4 members (excludes halogenated alkanes) is 1. The minimum absolute atomic E-state index is 0.0248. The first-order valence-corrected chi connectivity index (χ1v) is 7.30. The number of benzene rings is 2. The Morgan fingerprint density at radius 2 is 1.76 bits per heavy atom. The number of rotatable bonds is 7. The van der Waals surface area contributed by atoms with Crippen molar-refractivity contribution in [1.82, 2.24) is 0 Å². The molecule has 0 saturated heterocycles. The smallest absolute Gasteiger partial charge is 0.170 e. The van der Waals surface area contributed by atoms with Gasteiger partial charge in [-0.1, -0.05) is 37.6 Å². The lowest BCUT2D eigenvalue weighted by atomic mass is 10.0. The number of hydrogen-bond acceptors (Lipinski definition) is 3. The fraction of sp³-hybridized carbons (Fsp3) is 0.333. The number of Topliss-reactive ketones (excluding diaryl/α,β-unsaturated/α-hetero) is 2. The number of hydrogen-bond donors (Lipinski definition) is 0. The molecular formula is C18H20O3. The molecule has 110 valence electrons. The van der Waals surface area contributed by atoms with Gasteiger partial charge in [-0.15, -0.1) is 0 Å². The Bertz CT molecular complexity index is 659. The molecule has 2 rings (SSSR count). The van der Waals surface area contributed by atoms with Gasteiger partial charge < -0.3 is 4.74 Å². The van der Waals surface area contributed by atoms with E-state index in [1.807, 2.05) is 24.3 Å². The molecule has 21 heavy (non-hydrogen) atoms. The van der Waals surface area contributed by atoms with Crippen molar-refractivity contribution >= 4 is 22.3 Å². The van der Waals surface area contributed by atoms with E-state index in [1.54, 1.807) is 19.1 Å². The molecule has 3 heteroatoms. The van der Waals surface area contributed by atoms with E-state index in [-0.39, 0.29) is 18.2 Å². The van der Waals surface area contributed by atoms with Crippen LogP contribution in [-0.4, -0.2) is 18.2 Å². The van der Waals surface area contributed by atoms with E-state index in [0.29, 0.717) is 17.7 Å². The lowest BCUT2D eigenvalue weighted by Gasteiger charge is -2.11. The summed E-state index contributed by atoms with van der Waals surface area (Å²) >= 11 is 0. The normalized spacial score (nSPS) is 10.6. The third kappa shape index (κ3) is 3.69. The zero-order chi connectivity index (χ0) is 15.2. The van der Waals surface area contributed by atoms with Gasteiger partial charge in [0.25, 0.3) is 0 Å². The topological polar surface area (TPSA) is 43.4 Å². The van der Waals surface area contributed by atoms with Gasteiger partial charge in [0.1, 0.15) is 12.4 Å². The lowest BCUT2D eigenvalue weighted by molar-refractivity contribution is -0.121. The molecule has 0 aromatic heterocycles. The van der Waals surface area contributed by atoms with Gasteiger partial charge in [0.15, 0.2) is 11.6 Å². The Morgan fingerprint density at radius 3 is 2.43 bits per heavy atom. The van der Waals surface area contributed by atoms with Crippen molar-refractivity contribution in [3.63, 3.8) is 0 Å². The summed E-state index contributed by atoms with van der Waals surface area (Å²) in [7, 11) is 0. The molecule has 0 saturated carbocycles. The van der Waals surface area contributed by atoms with Crippen molar-refractivity contribution in [3.05, 3.63) is 42.0 Å². The van der Waals surface area contributed by atoms with Gasteiger partial charge in [-0.3, -0.25) is 9.59 Å². The molecule has 0 N–H and O–H groups in total. The third-order valence-corrected chi connectivity index (χ3v) is 3.46. The van der Waals surface area contributed by atoms with Crippen LogP contribution in [-0.2, 0) is 4.79 Å². The second-order valence-electron chi connectivity index (χ2n) is 5.14. The summed E-state index contributed by atoms with van der Waals surface area (Å²) in [4.78, 5) is 23.4. The van der Waals surface area contributed by atoms with Crippen LogP contribution in [0.1, 0.15) is 43.5 Å². The average Bonchev–Trinajstić information content (AvgIpc) is 2.50. The van der Waals surface area contributed by atoms with Crippen LogP contribution in [0.25, 0.3) is 10.8 Å². The number of carbonyl (C=O) groups is 2. The Balaban J connectivity index is 2.23. The van der Waals surface area contributed by atoms with E-state index in [2.05, 4.69) is 6.92 Å². The van der Waals surface area contributed by atoms with Crippen LogP contribution in [0.4, 0.5) is 0 Å². The third-order valence-electron chi connectivity index (χ3n) is 3.46. The van der Waals surface area contributed by atoms with E-state index in [4.69, 9.17) is 4.74 Å². The molecule has 0 bridgehead atoms. The highest BCUT2D eigenvalue weighted by atomic mass is 16.5. The summed E-state index contributed by atoms with van der Waals surface area (Å²) in [5, 5.41) is 1.73. The number of ether oxygens (including phenoxy) is 1. The summed E-state index contributed by atoms with van der Waals surface area (Å²) < 4.78 is 5.65. The van der Waals surface area contributed by atoms with Gasteiger partial charge in [-0.25, -0.2) is 0 Å². The van der Waals surface area contributed by atoms with Gasteiger partial charge in [-0.05, 0) is 30.9 Å². The zero-order valence-electron chi connectivity index (χ0n) is 12.5. The Hall–Kier alpha value is -2.16. The maximum Gasteiger partial charge on any atom is 0.170 e. The van der Waals surface area contributed by atoms with E-state index >= 15 is 0 Å². The second-order valence-corrected chi connectivity index (χ2v) is 5.14. The van der Waals surface area contributed by atoms with Crippen LogP contribution in [0.3, 0.4) is 0 Å². The summed E-state index contributed by atoms with van der Waals surface area (Å²) in [5.41, 5.74) is 0.676. The standard InChI is InChI=1S/C18H20O3/c1-3-4-7-14(20)12-21-18-11-10-15(13(2)19)16-8-5-6-9-17(16)18/h5-6,8-11H,3-4,7,12H2,1-2H3. The minimum atomic E-state index is 0.0248. The molecule has 3 nitrogen and oxygen atoms in total. The van der Waals surface area contributed by atoms with Crippen LogP contribution >= 0.6 is 0 Å². The zero-order valence-corrected chi connectivity index (χ0v) is 12.5. The number of ketones is 2. The van der Waals surface area contributed by atoms with Gasteiger partial charge in [-0.2, -0.15) is 0 Å². The van der Waals surface area contributed by atoms with Crippen LogP contribution in [0, 0.1) is 0 Å². The van der Waals surface area contributed by atoms with Gasteiger partial charge in [0, 0.05) is 17.4 Å². The number of carbonyl (C=O) groups excluding carboxylic acids is 2. The molecule has 0 amide bonds. The Morgan fingerprint density at radius 1 is 1.05 bits per heavy atom. The summed E-state index contributed by atoms with van der Waals surface area (Å²) in [6.45, 7) is 3.70. The molecule has 0 fully saturated rings. The Kier molecular flexibility index (Phi) is 5.09. The Labute approximate surface area is 124 Å². The fourth-order valence-corrected chi connectivity index (χ4v) is 2.31. The predicted octanol–water partition coefficient (Wildman–Crippen LogP) is 4.18. The molecular weight excluding hydrogens is 264 g/mol. The van der Waals surface area contributed by atoms with E-state index in [9.17, 15) is 9.59 Å². The summed E-state index contributed by atoms with van der Waals surface area (Å²) in [5.74, 6) is 0.786. The van der Waals surface area contributed by atoms with Crippen LogP contribution in [0.15, 0.2) is 36.4 Å². The van der Waals surface area contributed by atoms with E-state index < -0.39 is 0 Å². The highest BCUT2D eigenvalue weighted by molar-refractivity contribution is 6.08. The van der Waals surface area contributed by atoms with E-state index in [1.165, 1.54) is 0 Å². The molecule has 0 atom stereocenters. The summed E-state index contributed by atoms with van der Waals surface area (Å²) in [6.07, 6.45) is 2.45. The van der Waals surface area contributed by atoms with Crippen LogP contribution < -0.4 is 4.74 Å². The molecule has 0 spiro atoms. The van der Waals surface area contributed by atoms with Crippen molar-refractivity contribution in [3.8, 4) is 5.75 Å². The van der Waals surface area contributed by atoms with Crippen molar-refractivity contribution in [1.29, 1.82) is 0 Å². The fourth-order valence-electron chi connectivity index (χ4n) is 2.31. The molecule has 0 aliphatic carbocycles. The van der Waals surface area contributed by atoms with Gasteiger partial charge >= 0.3 is 0 Å². The first kappa shape index (κ1) is 15.2. The summed E-state index contributed by atoms with van der Waals surface area (Å²) in [6, 6.07) is 11.1. The van der Waals surface area contributed by atoms with E-state index in [0.717, 1.165) is 23.6 Å². The molecule has 0 radical (unpaired) electrons. The predicted molar refractivity (Wildman–Crippen MR) is 84.0 cm³/mol. The highest BCUT2D eigenvalue weighted by Crippen LogP contribution is 2.28. The average molecular weight is 284 g/mol. The monoisotopic (exact) mass is 284 g/mol. The second kappa shape index (κ2) is 7.02. The van der Waals surface area contributed by atoms with Gasteiger partial charge in [0.2, 0.25) is 0 Å². The molecule has 0 aliphatic heterocycles. The van der Waals surface area contributed by atoms with Crippen molar-refractivity contribution in [2.75, 3.05) is 6.61 Å². The van der Waals surface area contributed by atoms with Crippen molar-refractivity contribution in [2.45, 2.75) is 33.1 Å². The lowest BCUT2D eigenvalue weighted by Crippen LogP contribution is -2.11. The highest BCUT2D eigenvalue weighted by Gasteiger charge is 2.10. The quantitative estimate of drug-likeness (QED) is 0.716. The molecule has 0 heterocycles. The van der Waals surface area contributed by atoms with Gasteiger partial charge in [0.05, 0.1) is 0 Å². The molecule has 2 aromatic carbocycles. The maximum absolute atomic E-state index is 11.7. The maximum atomic E-state index is 11.7. The molecule has 0 unspecified atom stereocenters. The number of fused-ring (bicyclic) bond motifs is 1. The first-order chi connectivity index (χ1) is 10.1. The minimum Gasteiger partial charge on any atom is -0.485 e. The van der Waals surface area contributed by atoms with Crippen LogP contribution in [0.2, 0.25) is 0 Å². The van der Waals surface area contributed by atoms with Crippen molar-refractivity contribution in [2.24, 2.45) is 0 Å². The first-order valence-electron chi connectivity index (χ1n) is 7.30. The van der Waals surface area contributed by atoms with Crippen LogP contribution in [0.5, 0.6) is 5.75 Å². The SMILES string of the molecule is CCCCC(=O)COc1ccc(C(C)=O)c2ccccc12. The largest absolute Gasteiger partial charge is 0.485 e.